The maximum Gasteiger partial charge on any atom is 0.228 e. The van der Waals surface area contributed by atoms with E-state index in [9.17, 15) is 5.11 Å². The predicted octanol–water partition coefficient (Wildman–Crippen LogP) is 0.684. The number of nitrogens with zero attached hydrogens (tertiary/aromatic N) is 7. The highest BCUT2D eigenvalue weighted by Crippen LogP contribution is 2.18. The van der Waals surface area contributed by atoms with Crippen LogP contribution in [0.25, 0.3) is 0 Å². The average Bonchev–Trinajstić information content (AvgIpc) is 2.64. The molecule has 1 fully saturated rings. The van der Waals surface area contributed by atoms with E-state index in [2.05, 4.69) is 29.8 Å². The molecule has 1 aliphatic rings. The van der Waals surface area contributed by atoms with E-state index in [0.717, 1.165) is 12.1 Å². The summed E-state index contributed by atoms with van der Waals surface area (Å²) in [6.07, 6.45) is 6.53. The van der Waals surface area contributed by atoms with Crippen molar-refractivity contribution in [3.63, 3.8) is 0 Å². The van der Waals surface area contributed by atoms with Crippen LogP contribution < -0.4 is 9.80 Å². The maximum absolute atomic E-state index is 9.65. The average molecular weight is 317 g/mol. The molecular formula is C15H23N7O. The molecular weight excluding hydrogens is 294 g/mol. The molecule has 3 heterocycles. The highest BCUT2D eigenvalue weighted by atomic mass is 16.3. The van der Waals surface area contributed by atoms with Crippen LogP contribution in [0.4, 0.5) is 11.9 Å². The van der Waals surface area contributed by atoms with Crippen LogP contribution in [0.2, 0.25) is 0 Å². The van der Waals surface area contributed by atoms with Gasteiger partial charge < -0.3 is 14.9 Å². The second-order valence-electron chi connectivity index (χ2n) is 4.97. The van der Waals surface area contributed by atoms with Crippen LogP contribution in [0.3, 0.4) is 0 Å². The molecule has 0 aromatic carbocycles. The highest BCUT2D eigenvalue weighted by molar-refractivity contribution is 5.39. The summed E-state index contributed by atoms with van der Waals surface area (Å²) in [4.78, 5) is 24.9. The van der Waals surface area contributed by atoms with Crippen molar-refractivity contribution in [2.75, 3.05) is 36.0 Å². The zero-order valence-electron chi connectivity index (χ0n) is 13.8. The molecule has 1 unspecified atom stereocenters. The van der Waals surface area contributed by atoms with Gasteiger partial charge in [-0.2, -0.15) is 0 Å². The van der Waals surface area contributed by atoms with Gasteiger partial charge in [-0.1, -0.05) is 13.8 Å². The lowest BCUT2D eigenvalue weighted by Gasteiger charge is -2.40. The zero-order valence-corrected chi connectivity index (χ0v) is 13.8. The Bertz CT molecular complexity index is 578. The molecule has 124 valence electrons. The minimum Gasteiger partial charge on any atom is -0.394 e. The molecule has 1 N–H and O–H groups in total. The number of anilines is 2. The first-order chi connectivity index (χ1) is 11.3. The Hall–Kier alpha value is -2.35. The lowest BCUT2D eigenvalue weighted by molar-refractivity contribution is 0.251. The molecule has 8 nitrogen and oxygen atoms in total. The van der Waals surface area contributed by atoms with Gasteiger partial charge in [0.25, 0.3) is 0 Å². The van der Waals surface area contributed by atoms with E-state index in [1.165, 1.54) is 12.7 Å². The molecule has 3 rings (SSSR count). The summed E-state index contributed by atoms with van der Waals surface area (Å²) < 4.78 is 0. The summed E-state index contributed by atoms with van der Waals surface area (Å²) >= 11 is 0. The number of hydrogen-bond acceptors (Lipinski definition) is 8. The summed E-state index contributed by atoms with van der Waals surface area (Å²) in [6.45, 7) is 8.07. The molecule has 0 saturated carbocycles. The van der Waals surface area contributed by atoms with Crippen LogP contribution >= 0.6 is 0 Å². The molecule has 23 heavy (non-hydrogen) atoms. The fraction of sp³-hybridized carbons (Fsp3) is 0.533. The highest BCUT2D eigenvalue weighted by Gasteiger charge is 2.29. The van der Waals surface area contributed by atoms with E-state index in [0.29, 0.717) is 25.0 Å². The number of hydrogen-bond donors (Lipinski definition) is 1. The van der Waals surface area contributed by atoms with Gasteiger partial charge in [-0.05, 0) is 12.5 Å². The van der Waals surface area contributed by atoms with Gasteiger partial charge in [0, 0.05) is 32.0 Å². The smallest absolute Gasteiger partial charge is 0.228 e. The summed E-state index contributed by atoms with van der Waals surface area (Å²) in [6, 6.07) is -0.0916. The molecule has 0 amide bonds. The largest absolute Gasteiger partial charge is 0.394 e. The molecule has 2 aromatic rings. The van der Waals surface area contributed by atoms with Crippen LogP contribution in [0.15, 0.2) is 25.0 Å². The number of piperazine rings is 1. The number of rotatable bonds is 3. The summed E-state index contributed by atoms with van der Waals surface area (Å²) in [5, 5.41) is 9.65. The summed E-state index contributed by atoms with van der Waals surface area (Å²) in [5.74, 6) is 1.28. The molecule has 1 saturated heterocycles. The third kappa shape index (κ3) is 4.10. The van der Waals surface area contributed by atoms with Crippen molar-refractivity contribution in [3.8, 4) is 0 Å². The van der Waals surface area contributed by atoms with Gasteiger partial charge in [0.05, 0.1) is 12.6 Å². The van der Waals surface area contributed by atoms with Gasteiger partial charge in [-0.25, -0.2) is 24.9 Å². The standard InChI is InChI=1S/C13H17N7O.C2H6/c1-10-4-15-12(16-5-10)19-2-3-20(11(6-19)7-21)13-17-8-14-9-18-13;1-2/h4-5,8-9,11,21H,2-3,6-7H2,1H3;1-2H3. The molecule has 1 aliphatic heterocycles. The van der Waals surface area contributed by atoms with Gasteiger partial charge in [0.1, 0.15) is 12.7 Å². The van der Waals surface area contributed by atoms with Crippen LogP contribution in [-0.4, -0.2) is 62.3 Å². The molecule has 0 radical (unpaired) electrons. The fourth-order valence-electron chi connectivity index (χ4n) is 2.39. The SMILES string of the molecule is CC.Cc1cnc(N2CCN(c3ncncn3)C(CO)C2)nc1. The topological polar surface area (TPSA) is 91.2 Å². The molecule has 0 bridgehead atoms. The molecule has 8 heteroatoms. The summed E-state index contributed by atoms with van der Waals surface area (Å²) in [5.41, 5.74) is 1.03. The minimum absolute atomic E-state index is 0.0219. The third-order valence-corrected chi connectivity index (χ3v) is 3.48. The summed E-state index contributed by atoms with van der Waals surface area (Å²) in [7, 11) is 0. The molecule has 2 aromatic heterocycles. The number of aliphatic hydroxyl groups is 1. The minimum atomic E-state index is -0.0916. The maximum atomic E-state index is 9.65. The van der Waals surface area contributed by atoms with Gasteiger partial charge >= 0.3 is 0 Å². The Balaban J connectivity index is 0.000000924. The molecule has 1 atom stereocenters. The van der Waals surface area contributed by atoms with E-state index in [1.54, 1.807) is 12.4 Å². The van der Waals surface area contributed by atoms with Gasteiger partial charge in [0.15, 0.2) is 0 Å². The van der Waals surface area contributed by atoms with E-state index < -0.39 is 0 Å². The lowest BCUT2D eigenvalue weighted by atomic mass is 10.2. The Labute approximate surface area is 136 Å². The van der Waals surface area contributed by atoms with Crippen molar-refractivity contribution < 1.29 is 5.11 Å². The Morgan fingerprint density at radius 3 is 2.30 bits per heavy atom. The first kappa shape index (κ1) is 17.0. The molecule has 0 aliphatic carbocycles. The van der Waals surface area contributed by atoms with E-state index in [-0.39, 0.29) is 12.6 Å². The fourth-order valence-corrected chi connectivity index (χ4v) is 2.39. The van der Waals surface area contributed by atoms with Gasteiger partial charge in [0.2, 0.25) is 11.9 Å². The van der Waals surface area contributed by atoms with Crippen LogP contribution in [-0.2, 0) is 0 Å². The second-order valence-corrected chi connectivity index (χ2v) is 4.97. The van der Waals surface area contributed by atoms with Gasteiger partial charge in [-0.15, -0.1) is 0 Å². The number of aliphatic hydroxyl groups excluding tert-OH is 1. The normalized spacial score (nSPS) is 17.5. The van der Waals surface area contributed by atoms with Crippen molar-refractivity contribution in [1.29, 1.82) is 0 Å². The van der Waals surface area contributed by atoms with Crippen molar-refractivity contribution in [1.82, 2.24) is 24.9 Å². The van der Waals surface area contributed by atoms with E-state index in [4.69, 9.17) is 0 Å². The monoisotopic (exact) mass is 317 g/mol. The first-order valence-corrected chi connectivity index (χ1v) is 7.81. The van der Waals surface area contributed by atoms with Crippen molar-refractivity contribution >= 4 is 11.9 Å². The predicted molar refractivity (Wildman–Crippen MR) is 88.4 cm³/mol. The number of aryl methyl sites for hydroxylation is 1. The quantitative estimate of drug-likeness (QED) is 0.884. The second kappa shape index (κ2) is 8.33. The first-order valence-electron chi connectivity index (χ1n) is 7.81. The Morgan fingerprint density at radius 2 is 1.70 bits per heavy atom. The van der Waals surface area contributed by atoms with E-state index in [1.807, 2.05) is 25.7 Å². The third-order valence-electron chi connectivity index (χ3n) is 3.48. The van der Waals surface area contributed by atoms with Crippen molar-refractivity contribution in [2.24, 2.45) is 0 Å². The Kier molecular flexibility index (Phi) is 6.16. The Morgan fingerprint density at radius 1 is 1.04 bits per heavy atom. The van der Waals surface area contributed by atoms with Gasteiger partial charge in [-0.3, -0.25) is 0 Å². The van der Waals surface area contributed by atoms with Crippen LogP contribution in [0, 0.1) is 6.92 Å². The van der Waals surface area contributed by atoms with E-state index >= 15 is 0 Å². The van der Waals surface area contributed by atoms with Crippen LogP contribution in [0.5, 0.6) is 0 Å². The van der Waals surface area contributed by atoms with Crippen molar-refractivity contribution in [3.05, 3.63) is 30.6 Å². The van der Waals surface area contributed by atoms with Crippen molar-refractivity contribution in [2.45, 2.75) is 26.8 Å². The zero-order chi connectivity index (χ0) is 16.7. The van der Waals surface area contributed by atoms with Crippen LogP contribution in [0.1, 0.15) is 19.4 Å². The number of aromatic nitrogens is 5. The lowest BCUT2D eigenvalue weighted by Crippen LogP contribution is -2.56. The molecule has 0 spiro atoms.